The molecule has 1 aromatic rings. The number of amidine groups is 1. The molecule has 2 unspecified atom stereocenters. The summed E-state index contributed by atoms with van der Waals surface area (Å²) in [5, 5.41) is 1.23. The maximum atomic E-state index is 4.85. The molecule has 0 bridgehead atoms. The Balaban J connectivity index is 1.39. The van der Waals surface area contributed by atoms with E-state index in [1.807, 2.05) is 0 Å². The zero-order valence-corrected chi connectivity index (χ0v) is 14.9. The Bertz CT molecular complexity index is 568. The third-order valence-electron chi connectivity index (χ3n) is 5.93. The van der Waals surface area contributed by atoms with Crippen LogP contribution in [0.25, 0.3) is 0 Å². The Morgan fingerprint density at radius 1 is 1.04 bits per heavy atom. The van der Waals surface area contributed by atoms with E-state index in [1.165, 1.54) is 74.3 Å². The Morgan fingerprint density at radius 2 is 1.75 bits per heavy atom. The molecule has 4 nitrogen and oxygen atoms in total. The monoisotopic (exact) mass is 327 g/mol. The first-order valence-electron chi connectivity index (χ1n) is 9.80. The van der Waals surface area contributed by atoms with Crippen molar-refractivity contribution in [2.75, 3.05) is 19.6 Å². The molecular formula is C20H31N4+. The molecule has 1 saturated heterocycles. The van der Waals surface area contributed by atoms with Crippen LogP contribution in [-0.4, -0.2) is 36.5 Å². The van der Waals surface area contributed by atoms with Gasteiger partial charge in [0.25, 0.3) is 0 Å². The van der Waals surface area contributed by atoms with Gasteiger partial charge in [0.05, 0.1) is 0 Å². The van der Waals surface area contributed by atoms with Gasteiger partial charge in [0.1, 0.15) is 0 Å². The summed E-state index contributed by atoms with van der Waals surface area (Å²) in [5.74, 6) is 1.94. The molecule has 0 radical (unpaired) electrons. The Labute approximate surface area is 145 Å². The first-order chi connectivity index (χ1) is 11.8. The molecule has 130 valence electrons. The molecule has 0 amide bonds. The first kappa shape index (κ1) is 16.2. The van der Waals surface area contributed by atoms with E-state index in [0.29, 0.717) is 0 Å². The first-order valence-corrected chi connectivity index (χ1v) is 9.80. The number of hydrogen-bond donors (Lipinski definition) is 2. The summed E-state index contributed by atoms with van der Waals surface area (Å²) in [6.45, 7) is 5.65. The van der Waals surface area contributed by atoms with Crippen LogP contribution in [0.15, 0.2) is 29.3 Å². The van der Waals surface area contributed by atoms with E-state index in [2.05, 4.69) is 41.5 Å². The van der Waals surface area contributed by atoms with Crippen molar-refractivity contribution in [2.24, 2.45) is 4.99 Å². The average Bonchev–Trinajstić information content (AvgIpc) is 3.26. The lowest BCUT2D eigenvalue weighted by Crippen LogP contribution is -3.15. The van der Waals surface area contributed by atoms with Gasteiger partial charge >= 0.3 is 0 Å². The largest absolute Gasteiger partial charge is 0.300 e. The van der Waals surface area contributed by atoms with Crippen molar-refractivity contribution in [3.8, 4) is 0 Å². The van der Waals surface area contributed by atoms with Gasteiger partial charge in [-0.3, -0.25) is 4.90 Å². The maximum absolute atomic E-state index is 4.85. The lowest BCUT2D eigenvalue weighted by Gasteiger charge is -2.22. The summed E-state index contributed by atoms with van der Waals surface area (Å²) in [6.07, 6.45) is 9.87. The number of nitrogens with zero attached hydrogens (tertiary/aromatic N) is 2. The number of rotatable bonds is 4. The van der Waals surface area contributed by atoms with E-state index < -0.39 is 0 Å². The zero-order valence-electron chi connectivity index (χ0n) is 14.9. The molecule has 4 heteroatoms. The van der Waals surface area contributed by atoms with Crippen LogP contribution < -0.4 is 10.4 Å². The predicted molar refractivity (Wildman–Crippen MR) is 98.6 cm³/mol. The summed E-state index contributed by atoms with van der Waals surface area (Å²) < 4.78 is 0. The lowest BCUT2D eigenvalue weighted by atomic mass is 9.84. The van der Waals surface area contributed by atoms with Crippen LogP contribution in [-0.2, 0) is 0 Å². The lowest BCUT2D eigenvalue weighted by molar-refractivity contribution is -0.782. The van der Waals surface area contributed by atoms with Crippen LogP contribution in [0.3, 0.4) is 0 Å². The summed E-state index contributed by atoms with van der Waals surface area (Å²) in [7, 11) is 0. The van der Waals surface area contributed by atoms with Crippen molar-refractivity contribution in [1.82, 2.24) is 10.3 Å². The quantitative estimate of drug-likeness (QED) is 0.891. The van der Waals surface area contributed by atoms with E-state index in [4.69, 9.17) is 4.99 Å². The highest BCUT2D eigenvalue weighted by molar-refractivity contribution is 5.73. The van der Waals surface area contributed by atoms with Gasteiger partial charge in [-0.2, -0.15) is 5.01 Å². The van der Waals surface area contributed by atoms with Crippen molar-refractivity contribution in [3.05, 3.63) is 29.8 Å². The van der Waals surface area contributed by atoms with Crippen molar-refractivity contribution in [3.63, 3.8) is 0 Å². The van der Waals surface area contributed by atoms with Crippen LogP contribution >= 0.6 is 0 Å². The molecule has 0 aromatic heterocycles. The molecule has 1 saturated carbocycles. The van der Waals surface area contributed by atoms with Crippen LogP contribution in [0.1, 0.15) is 63.4 Å². The molecular weight excluding hydrogens is 296 g/mol. The second-order valence-electron chi connectivity index (χ2n) is 7.71. The van der Waals surface area contributed by atoms with Gasteiger partial charge in [-0.05, 0) is 50.3 Å². The zero-order chi connectivity index (χ0) is 16.4. The maximum Gasteiger partial charge on any atom is 0.219 e. The Hall–Kier alpha value is -1.23. The minimum absolute atomic E-state index is 0.233. The van der Waals surface area contributed by atoms with E-state index in [9.17, 15) is 0 Å². The molecule has 2 atom stereocenters. The number of quaternary nitrogens is 1. The van der Waals surface area contributed by atoms with E-state index in [-0.39, 0.29) is 6.17 Å². The third kappa shape index (κ3) is 3.56. The highest BCUT2D eigenvalue weighted by Crippen LogP contribution is 2.32. The number of likely N-dealkylation sites (tertiary alicyclic amines) is 1. The second kappa shape index (κ2) is 7.34. The summed E-state index contributed by atoms with van der Waals surface area (Å²) in [6, 6.07) is 9.29. The van der Waals surface area contributed by atoms with Gasteiger partial charge in [0, 0.05) is 25.6 Å². The molecule has 1 aliphatic carbocycles. The minimum Gasteiger partial charge on any atom is -0.300 e. The normalized spacial score (nSPS) is 29.1. The van der Waals surface area contributed by atoms with Crippen LogP contribution in [0.5, 0.6) is 0 Å². The molecule has 2 heterocycles. The smallest absolute Gasteiger partial charge is 0.219 e. The molecule has 0 spiro atoms. The Morgan fingerprint density at radius 3 is 2.46 bits per heavy atom. The van der Waals surface area contributed by atoms with Crippen LogP contribution in [0.2, 0.25) is 0 Å². The van der Waals surface area contributed by atoms with Crippen molar-refractivity contribution in [2.45, 2.75) is 64.0 Å². The molecule has 3 aliphatic rings. The third-order valence-corrected chi connectivity index (χ3v) is 5.93. The molecule has 1 aromatic carbocycles. The van der Waals surface area contributed by atoms with Crippen LogP contribution in [0, 0.1) is 0 Å². The summed E-state index contributed by atoms with van der Waals surface area (Å²) in [5.41, 5.74) is 6.47. The van der Waals surface area contributed by atoms with Crippen molar-refractivity contribution in [1.29, 1.82) is 0 Å². The standard InChI is InChI=1S/C20H30N4/c1-16-21-20(15-23-13-5-6-14-23)22-24(16)19-11-9-18(10-12-19)17-7-3-2-4-8-17/h9-12,17,20,22H,2-8,13-15H2,1H3/p+1. The molecule has 4 rings (SSSR count). The van der Waals surface area contributed by atoms with Gasteiger partial charge in [0.15, 0.2) is 11.9 Å². The molecule has 2 N–H and O–H groups in total. The van der Waals surface area contributed by atoms with E-state index in [0.717, 1.165) is 18.3 Å². The molecule has 24 heavy (non-hydrogen) atoms. The van der Waals surface area contributed by atoms with Crippen LogP contribution in [0.4, 0.5) is 5.69 Å². The van der Waals surface area contributed by atoms with Gasteiger partial charge in [0.2, 0.25) is 5.84 Å². The number of aliphatic imine (C=N–C) groups is 1. The summed E-state index contributed by atoms with van der Waals surface area (Å²) >= 11 is 0. The fraction of sp³-hybridized carbons (Fsp3) is 0.650. The highest BCUT2D eigenvalue weighted by atomic mass is 15.6. The highest BCUT2D eigenvalue weighted by Gasteiger charge is 2.30. The fourth-order valence-electron chi connectivity index (χ4n) is 4.55. The second-order valence-corrected chi connectivity index (χ2v) is 7.71. The predicted octanol–water partition coefficient (Wildman–Crippen LogP) is 2.61. The van der Waals surface area contributed by atoms with Gasteiger partial charge in [-0.25, -0.2) is 4.99 Å². The fourth-order valence-corrected chi connectivity index (χ4v) is 4.55. The Kier molecular flexibility index (Phi) is 4.97. The number of hydrogen-bond acceptors (Lipinski definition) is 3. The van der Waals surface area contributed by atoms with Gasteiger partial charge in [-0.15, -0.1) is 5.43 Å². The van der Waals surface area contributed by atoms with Crippen molar-refractivity contribution >= 4 is 11.5 Å². The molecule has 2 aliphatic heterocycles. The minimum atomic E-state index is 0.233. The number of benzene rings is 1. The van der Waals surface area contributed by atoms with E-state index in [1.54, 1.807) is 0 Å². The topological polar surface area (TPSA) is 32.1 Å². The molecule has 2 fully saturated rings. The SMILES string of the molecule is CC1=NC(CN2CCCC2)N[NH+]1c1ccc(C2CCCCC2)cc1. The van der Waals surface area contributed by atoms with E-state index >= 15 is 0 Å². The van der Waals surface area contributed by atoms with Gasteiger partial charge in [-0.1, -0.05) is 31.4 Å². The number of nitrogens with one attached hydrogen (secondary N) is 2. The van der Waals surface area contributed by atoms with Gasteiger partial charge < -0.3 is 0 Å². The summed E-state index contributed by atoms with van der Waals surface area (Å²) in [4.78, 5) is 7.38. The van der Waals surface area contributed by atoms with Crippen molar-refractivity contribution < 1.29 is 5.01 Å². The average molecular weight is 327 g/mol.